The Bertz CT molecular complexity index is 388. The fourth-order valence-corrected chi connectivity index (χ4v) is 1.54. The maximum absolute atomic E-state index is 11.8. The standard InChI is InChI=1S/C13H21N3O/c1-9(2)6-7-15-13(17)11-4-5-12(16-14)10(3)8-11/h4-5,8-9,16H,6-7,14H2,1-3H3,(H,15,17). The van der Waals surface area contributed by atoms with Gasteiger partial charge < -0.3 is 10.7 Å². The second kappa shape index (κ2) is 6.25. The number of rotatable bonds is 5. The van der Waals surface area contributed by atoms with E-state index in [0.29, 0.717) is 18.0 Å². The van der Waals surface area contributed by atoms with Crippen molar-refractivity contribution in [1.29, 1.82) is 0 Å². The van der Waals surface area contributed by atoms with Crippen LogP contribution in [0.1, 0.15) is 36.2 Å². The summed E-state index contributed by atoms with van der Waals surface area (Å²) >= 11 is 0. The Morgan fingerprint density at radius 2 is 2.12 bits per heavy atom. The first kappa shape index (κ1) is 13.5. The molecule has 0 saturated heterocycles. The maximum Gasteiger partial charge on any atom is 0.251 e. The predicted molar refractivity (Wildman–Crippen MR) is 70.8 cm³/mol. The number of carbonyl (C=O) groups excluding carboxylic acids is 1. The molecule has 0 spiro atoms. The van der Waals surface area contributed by atoms with E-state index >= 15 is 0 Å². The van der Waals surface area contributed by atoms with E-state index in [2.05, 4.69) is 24.6 Å². The third kappa shape index (κ3) is 4.07. The maximum atomic E-state index is 11.8. The Morgan fingerprint density at radius 3 is 2.65 bits per heavy atom. The number of hydrogen-bond acceptors (Lipinski definition) is 3. The molecule has 4 heteroatoms. The minimum Gasteiger partial charge on any atom is -0.352 e. The van der Waals surface area contributed by atoms with E-state index < -0.39 is 0 Å². The van der Waals surface area contributed by atoms with Crippen molar-refractivity contribution in [3.05, 3.63) is 29.3 Å². The normalized spacial score (nSPS) is 10.4. The first-order valence-electron chi connectivity index (χ1n) is 5.90. The van der Waals surface area contributed by atoms with E-state index in [1.165, 1.54) is 0 Å². The zero-order valence-corrected chi connectivity index (χ0v) is 10.7. The van der Waals surface area contributed by atoms with E-state index in [9.17, 15) is 4.79 Å². The molecule has 0 fully saturated rings. The molecule has 4 N–H and O–H groups in total. The molecule has 0 aromatic heterocycles. The van der Waals surface area contributed by atoms with Crippen LogP contribution in [0.15, 0.2) is 18.2 Å². The van der Waals surface area contributed by atoms with Crippen molar-refractivity contribution in [2.24, 2.45) is 11.8 Å². The van der Waals surface area contributed by atoms with Crippen molar-refractivity contribution in [2.45, 2.75) is 27.2 Å². The van der Waals surface area contributed by atoms with Gasteiger partial charge in [-0.3, -0.25) is 10.6 Å². The molecule has 0 heterocycles. The lowest BCUT2D eigenvalue weighted by atomic mass is 10.1. The number of nitrogens with one attached hydrogen (secondary N) is 2. The fourth-order valence-electron chi connectivity index (χ4n) is 1.54. The van der Waals surface area contributed by atoms with Gasteiger partial charge in [0, 0.05) is 12.1 Å². The number of anilines is 1. The molecule has 0 atom stereocenters. The number of hydrogen-bond donors (Lipinski definition) is 3. The summed E-state index contributed by atoms with van der Waals surface area (Å²) in [6, 6.07) is 5.42. The summed E-state index contributed by atoms with van der Waals surface area (Å²) in [5.41, 5.74) is 5.06. The molecule has 1 aromatic carbocycles. The predicted octanol–water partition coefficient (Wildman–Crippen LogP) is 2.06. The number of benzene rings is 1. The minimum atomic E-state index is -0.0303. The zero-order valence-electron chi connectivity index (χ0n) is 10.7. The summed E-state index contributed by atoms with van der Waals surface area (Å²) in [5.74, 6) is 5.91. The molecule has 0 unspecified atom stereocenters. The van der Waals surface area contributed by atoms with Crippen LogP contribution in [0.2, 0.25) is 0 Å². The van der Waals surface area contributed by atoms with Gasteiger partial charge in [-0.2, -0.15) is 0 Å². The van der Waals surface area contributed by atoms with E-state index in [1.807, 2.05) is 19.1 Å². The molecule has 0 radical (unpaired) electrons. The first-order chi connectivity index (χ1) is 8.04. The van der Waals surface area contributed by atoms with Crippen LogP contribution in [0.3, 0.4) is 0 Å². The van der Waals surface area contributed by atoms with Gasteiger partial charge >= 0.3 is 0 Å². The van der Waals surface area contributed by atoms with Crippen LogP contribution < -0.4 is 16.6 Å². The second-order valence-corrected chi connectivity index (χ2v) is 4.61. The highest BCUT2D eigenvalue weighted by molar-refractivity contribution is 5.94. The van der Waals surface area contributed by atoms with Crippen LogP contribution in [0, 0.1) is 12.8 Å². The lowest BCUT2D eigenvalue weighted by Gasteiger charge is -2.09. The van der Waals surface area contributed by atoms with E-state index in [0.717, 1.165) is 17.7 Å². The summed E-state index contributed by atoms with van der Waals surface area (Å²) in [5, 5.41) is 2.90. The molecular weight excluding hydrogens is 214 g/mol. The molecule has 0 aliphatic heterocycles. The van der Waals surface area contributed by atoms with Gasteiger partial charge in [0.25, 0.3) is 5.91 Å². The topological polar surface area (TPSA) is 67.2 Å². The Morgan fingerprint density at radius 1 is 1.41 bits per heavy atom. The van der Waals surface area contributed by atoms with Gasteiger partial charge in [-0.15, -0.1) is 0 Å². The lowest BCUT2D eigenvalue weighted by Crippen LogP contribution is -2.25. The quantitative estimate of drug-likeness (QED) is 0.540. The number of nitrogen functional groups attached to an aromatic ring is 1. The fraction of sp³-hybridized carbons (Fsp3) is 0.462. The average molecular weight is 235 g/mol. The van der Waals surface area contributed by atoms with Crippen molar-refractivity contribution in [2.75, 3.05) is 12.0 Å². The summed E-state index contributed by atoms with van der Waals surface area (Å²) in [7, 11) is 0. The third-order valence-corrected chi connectivity index (χ3v) is 2.65. The van der Waals surface area contributed by atoms with Gasteiger partial charge in [0.15, 0.2) is 0 Å². The number of nitrogens with two attached hydrogens (primary N) is 1. The largest absolute Gasteiger partial charge is 0.352 e. The zero-order chi connectivity index (χ0) is 12.8. The summed E-state index contributed by atoms with van der Waals surface area (Å²) in [6.07, 6.45) is 0.993. The number of amides is 1. The first-order valence-corrected chi connectivity index (χ1v) is 5.90. The highest BCUT2D eigenvalue weighted by Crippen LogP contribution is 2.15. The number of hydrazine groups is 1. The molecule has 0 aliphatic rings. The van der Waals surface area contributed by atoms with Crippen molar-refractivity contribution >= 4 is 11.6 Å². The molecule has 1 amide bonds. The van der Waals surface area contributed by atoms with Crippen molar-refractivity contribution in [3.8, 4) is 0 Å². The Labute approximate surface area is 103 Å². The molecule has 1 rings (SSSR count). The average Bonchev–Trinajstić information content (AvgIpc) is 2.28. The van der Waals surface area contributed by atoms with Crippen molar-refractivity contribution < 1.29 is 4.79 Å². The van der Waals surface area contributed by atoms with Crippen molar-refractivity contribution in [1.82, 2.24) is 5.32 Å². The van der Waals surface area contributed by atoms with Gasteiger partial charge in [-0.25, -0.2) is 0 Å². The van der Waals surface area contributed by atoms with E-state index in [1.54, 1.807) is 6.07 Å². The smallest absolute Gasteiger partial charge is 0.251 e. The summed E-state index contributed by atoms with van der Waals surface area (Å²) < 4.78 is 0. The minimum absolute atomic E-state index is 0.0303. The van der Waals surface area contributed by atoms with Crippen LogP contribution in [-0.2, 0) is 0 Å². The molecule has 0 bridgehead atoms. The number of aryl methyl sites for hydroxylation is 1. The Kier molecular flexibility index (Phi) is 4.97. The molecule has 17 heavy (non-hydrogen) atoms. The van der Waals surface area contributed by atoms with E-state index in [4.69, 9.17) is 5.84 Å². The summed E-state index contributed by atoms with van der Waals surface area (Å²) in [4.78, 5) is 11.8. The van der Waals surface area contributed by atoms with Gasteiger partial charge in [0.1, 0.15) is 0 Å². The highest BCUT2D eigenvalue weighted by atomic mass is 16.1. The molecule has 0 saturated carbocycles. The molecule has 4 nitrogen and oxygen atoms in total. The van der Waals surface area contributed by atoms with Crippen LogP contribution in [0.25, 0.3) is 0 Å². The highest BCUT2D eigenvalue weighted by Gasteiger charge is 2.07. The Hall–Kier alpha value is -1.55. The van der Waals surface area contributed by atoms with Crippen LogP contribution in [-0.4, -0.2) is 12.5 Å². The van der Waals surface area contributed by atoms with Crippen LogP contribution >= 0.6 is 0 Å². The molecular formula is C13H21N3O. The monoisotopic (exact) mass is 235 g/mol. The van der Waals surface area contributed by atoms with Crippen LogP contribution in [0.5, 0.6) is 0 Å². The number of carbonyl (C=O) groups is 1. The van der Waals surface area contributed by atoms with Gasteiger partial charge in [0.2, 0.25) is 0 Å². The van der Waals surface area contributed by atoms with Crippen molar-refractivity contribution in [3.63, 3.8) is 0 Å². The lowest BCUT2D eigenvalue weighted by molar-refractivity contribution is 0.0952. The van der Waals surface area contributed by atoms with Gasteiger partial charge in [-0.1, -0.05) is 13.8 Å². The molecule has 94 valence electrons. The third-order valence-electron chi connectivity index (χ3n) is 2.65. The van der Waals surface area contributed by atoms with E-state index in [-0.39, 0.29) is 5.91 Å². The second-order valence-electron chi connectivity index (χ2n) is 4.61. The SMILES string of the molecule is Cc1cc(C(=O)NCCC(C)C)ccc1NN. The summed E-state index contributed by atoms with van der Waals surface area (Å²) in [6.45, 7) is 6.91. The molecule has 0 aliphatic carbocycles. The van der Waals surface area contributed by atoms with Crippen LogP contribution in [0.4, 0.5) is 5.69 Å². The molecule has 1 aromatic rings. The van der Waals surface area contributed by atoms with Gasteiger partial charge in [0.05, 0.1) is 5.69 Å². The van der Waals surface area contributed by atoms with Gasteiger partial charge in [-0.05, 0) is 43.0 Å². The Balaban J connectivity index is 2.60.